The van der Waals surface area contributed by atoms with Crippen molar-refractivity contribution in [3.63, 3.8) is 0 Å². The van der Waals surface area contributed by atoms with Crippen LogP contribution in [0.4, 0.5) is 0 Å². The Balaban J connectivity index is 3.03. The maximum atomic E-state index is 5.59. The van der Waals surface area contributed by atoms with E-state index in [1.807, 2.05) is 6.07 Å². The van der Waals surface area contributed by atoms with Gasteiger partial charge in [0.15, 0.2) is 0 Å². The molecule has 0 saturated carbocycles. The molecule has 17 heavy (non-hydrogen) atoms. The molecule has 0 aromatic heterocycles. The molecule has 2 nitrogen and oxygen atoms in total. The summed E-state index contributed by atoms with van der Waals surface area (Å²) in [4.78, 5) is 0.569. The number of methoxy groups -OCH3 is 1. The average Bonchev–Trinajstić information content (AvgIpc) is 2.27. The summed E-state index contributed by atoms with van der Waals surface area (Å²) < 4.78 is 5.37. The highest BCUT2D eigenvalue weighted by molar-refractivity contribution is 7.80. The zero-order valence-corrected chi connectivity index (χ0v) is 11.8. The number of nitrogens with two attached hydrogens (primary N) is 1. The van der Waals surface area contributed by atoms with Crippen molar-refractivity contribution in [1.82, 2.24) is 0 Å². The van der Waals surface area contributed by atoms with E-state index in [0.29, 0.717) is 16.8 Å². The highest BCUT2D eigenvalue weighted by Gasteiger charge is 2.12. The maximum absolute atomic E-state index is 5.59. The topological polar surface area (TPSA) is 35.2 Å². The summed E-state index contributed by atoms with van der Waals surface area (Å²) in [5, 5.41) is 0. The summed E-state index contributed by atoms with van der Waals surface area (Å²) in [6.45, 7) is 6.48. The summed E-state index contributed by atoms with van der Waals surface area (Å²) in [6.07, 6.45) is 0.749. The summed E-state index contributed by atoms with van der Waals surface area (Å²) >= 11 is 4.96. The largest absolute Gasteiger partial charge is 0.496 e. The zero-order valence-electron chi connectivity index (χ0n) is 11.0. The van der Waals surface area contributed by atoms with Crippen LogP contribution in [0.15, 0.2) is 18.2 Å². The van der Waals surface area contributed by atoms with Crippen LogP contribution in [-0.4, -0.2) is 12.1 Å². The molecule has 3 heteroatoms. The van der Waals surface area contributed by atoms with Crippen molar-refractivity contribution in [1.29, 1.82) is 0 Å². The molecule has 1 aromatic carbocycles. The van der Waals surface area contributed by atoms with Gasteiger partial charge in [-0.05, 0) is 29.0 Å². The molecule has 0 aliphatic carbocycles. The minimum Gasteiger partial charge on any atom is -0.496 e. The summed E-state index contributed by atoms with van der Waals surface area (Å²) in [5.41, 5.74) is 8.09. The van der Waals surface area contributed by atoms with Crippen LogP contribution < -0.4 is 10.5 Å². The van der Waals surface area contributed by atoms with E-state index in [1.165, 1.54) is 11.1 Å². The lowest BCUT2D eigenvalue weighted by Gasteiger charge is -2.17. The first-order chi connectivity index (χ1) is 7.95. The van der Waals surface area contributed by atoms with E-state index in [-0.39, 0.29) is 0 Å². The molecule has 1 aromatic rings. The third-order valence-electron chi connectivity index (χ3n) is 2.95. The zero-order chi connectivity index (χ0) is 13.0. The van der Waals surface area contributed by atoms with Crippen molar-refractivity contribution in [3.8, 4) is 5.75 Å². The van der Waals surface area contributed by atoms with Gasteiger partial charge in [0.25, 0.3) is 0 Å². The molecular weight excluding hydrogens is 230 g/mol. The number of thiocarbonyl (C=S) groups is 1. The van der Waals surface area contributed by atoms with E-state index in [2.05, 4.69) is 32.9 Å². The van der Waals surface area contributed by atoms with Gasteiger partial charge in [-0.2, -0.15) is 0 Å². The van der Waals surface area contributed by atoms with Crippen LogP contribution in [0.3, 0.4) is 0 Å². The standard InChI is InChI=1S/C14H21NOS/c1-9(2)12-8-11(5-6-13(12)16-4)10(3)7-14(15)17/h5-6,8-10H,7H2,1-4H3,(H2,15,17). The number of rotatable bonds is 5. The Labute approximate surface area is 109 Å². The Morgan fingerprint density at radius 2 is 2.00 bits per heavy atom. The van der Waals surface area contributed by atoms with E-state index in [4.69, 9.17) is 22.7 Å². The first-order valence-electron chi connectivity index (χ1n) is 5.91. The Bertz CT molecular complexity index is 401. The van der Waals surface area contributed by atoms with E-state index in [0.717, 1.165) is 12.2 Å². The summed E-state index contributed by atoms with van der Waals surface area (Å²) in [6, 6.07) is 6.32. The molecule has 0 spiro atoms. The van der Waals surface area contributed by atoms with Crippen LogP contribution >= 0.6 is 12.2 Å². The molecule has 1 unspecified atom stereocenters. The van der Waals surface area contributed by atoms with Gasteiger partial charge in [-0.1, -0.05) is 45.1 Å². The van der Waals surface area contributed by atoms with Crippen molar-refractivity contribution in [3.05, 3.63) is 29.3 Å². The van der Waals surface area contributed by atoms with Gasteiger partial charge in [-0.15, -0.1) is 0 Å². The molecule has 0 radical (unpaired) electrons. The van der Waals surface area contributed by atoms with Gasteiger partial charge in [0, 0.05) is 6.42 Å². The summed E-state index contributed by atoms with van der Waals surface area (Å²) in [5.74, 6) is 1.75. The Morgan fingerprint density at radius 1 is 1.35 bits per heavy atom. The van der Waals surface area contributed by atoms with E-state index in [1.54, 1.807) is 7.11 Å². The van der Waals surface area contributed by atoms with Gasteiger partial charge < -0.3 is 10.5 Å². The van der Waals surface area contributed by atoms with Crippen molar-refractivity contribution >= 4 is 17.2 Å². The van der Waals surface area contributed by atoms with Crippen LogP contribution in [-0.2, 0) is 0 Å². The molecule has 0 heterocycles. The first-order valence-corrected chi connectivity index (χ1v) is 6.32. The number of hydrogen-bond donors (Lipinski definition) is 1. The van der Waals surface area contributed by atoms with Gasteiger partial charge >= 0.3 is 0 Å². The molecule has 2 N–H and O–H groups in total. The molecule has 0 aliphatic rings. The molecule has 0 fully saturated rings. The van der Waals surface area contributed by atoms with Crippen LogP contribution in [0.1, 0.15) is 50.2 Å². The lowest BCUT2D eigenvalue weighted by molar-refractivity contribution is 0.407. The van der Waals surface area contributed by atoms with Crippen LogP contribution in [0.2, 0.25) is 0 Å². The normalized spacial score (nSPS) is 12.5. The Kier molecular flexibility index (Phi) is 4.94. The third kappa shape index (κ3) is 3.70. The van der Waals surface area contributed by atoms with Crippen LogP contribution in [0, 0.1) is 0 Å². The average molecular weight is 251 g/mol. The molecule has 0 amide bonds. The molecule has 0 aliphatic heterocycles. The van der Waals surface area contributed by atoms with Crippen molar-refractivity contribution in [2.24, 2.45) is 5.73 Å². The predicted octanol–water partition coefficient (Wildman–Crippen LogP) is 3.60. The summed E-state index contributed by atoms with van der Waals surface area (Å²) in [7, 11) is 1.71. The Hall–Kier alpha value is -1.09. The number of hydrogen-bond acceptors (Lipinski definition) is 2. The van der Waals surface area contributed by atoms with Crippen molar-refractivity contribution < 1.29 is 4.74 Å². The van der Waals surface area contributed by atoms with E-state index < -0.39 is 0 Å². The fourth-order valence-electron chi connectivity index (χ4n) is 1.93. The highest BCUT2D eigenvalue weighted by Crippen LogP contribution is 2.30. The fourth-order valence-corrected chi connectivity index (χ4v) is 2.18. The van der Waals surface area contributed by atoms with E-state index >= 15 is 0 Å². The molecule has 1 atom stereocenters. The lowest BCUT2D eigenvalue weighted by atomic mass is 9.92. The van der Waals surface area contributed by atoms with Crippen LogP contribution in [0.25, 0.3) is 0 Å². The monoisotopic (exact) mass is 251 g/mol. The van der Waals surface area contributed by atoms with Gasteiger partial charge in [0.1, 0.15) is 5.75 Å². The maximum Gasteiger partial charge on any atom is 0.122 e. The van der Waals surface area contributed by atoms with Crippen molar-refractivity contribution in [2.45, 2.75) is 39.0 Å². The number of benzene rings is 1. The lowest BCUT2D eigenvalue weighted by Crippen LogP contribution is -2.11. The molecule has 1 rings (SSSR count). The Morgan fingerprint density at radius 3 is 2.47 bits per heavy atom. The second kappa shape index (κ2) is 6.01. The predicted molar refractivity (Wildman–Crippen MR) is 76.9 cm³/mol. The highest BCUT2D eigenvalue weighted by atomic mass is 32.1. The van der Waals surface area contributed by atoms with Gasteiger partial charge in [0.2, 0.25) is 0 Å². The van der Waals surface area contributed by atoms with Crippen molar-refractivity contribution in [2.75, 3.05) is 7.11 Å². The molecule has 0 saturated heterocycles. The first kappa shape index (κ1) is 14.0. The molecule has 94 valence electrons. The number of ether oxygens (including phenoxy) is 1. The minimum atomic E-state index is 0.357. The van der Waals surface area contributed by atoms with Gasteiger partial charge in [-0.25, -0.2) is 0 Å². The molecule has 0 bridgehead atoms. The van der Waals surface area contributed by atoms with E-state index in [9.17, 15) is 0 Å². The fraction of sp³-hybridized carbons (Fsp3) is 0.500. The SMILES string of the molecule is COc1ccc(C(C)CC(N)=S)cc1C(C)C. The quantitative estimate of drug-likeness (QED) is 0.812. The van der Waals surface area contributed by atoms with Gasteiger partial charge in [-0.3, -0.25) is 0 Å². The van der Waals surface area contributed by atoms with Gasteiger partial charge in [0.05, 0.1) is 12.1 Å². The second-order valence-electron chi connectivity index (χ2n) is 4.73. The van der Waals surface area contributed by atoms with Crippen LogP contribution in [0.5, 0.6) is 5.75 Å². The second-order valence-corrected chi connectivity index (χ2v) is 5.25. The smallest absolute Gasteiger partial charge is 0.122 e. The minimum absolute atomic E-state index is 0.357. The third-order valence-corrected chi connectivity index (χ3v) is 3.12. The molecular formula is C14H21NOS.